The van der Waals surface area contributed by atoms with Crippen LogP contribution in [0.15, 0.2) is 48.1 Å². The summed E-state index contributed by atoms with van der Waals surface area (Å²) in [4.78, 5) is 17.7. The lowest BCUT2D eigenvalue weighted by Gasteiger charge is -2.03. The number of hydrogen-bond acceptors (Lipinski definition) is 7. The zero-order chi connectivity index (χ0) is 17.2. The zero-order valence-corrected chi connectivity index (χ0v) is 14.8. The Morgan fingerprint density at radius 3 is 2.68 bits per heavy atom. The van der Waals surface area contributed by atoms with Gasteiger partial charge in [0.05, 0.1) is 20.6 Å². The maximum atomic E-state index is 12.4. The minimum atomic E-state index is -0.228. The summed E-state index contributed by atoms with van der Waals surface area (Å²) in [7, 11) is 0. The van der Waals surface area contributed by atoms with Crippen LogP contribution >= 0.6 is 34.3 Å². The van der Waals surface area contributed by atoms with Crippen LogP contribution in [-0.4, -0.2) is 31.1 Å². The topological polar surface area (TPSA) is 85.6 Å². The summed E-state index contributed by atoms with van der Waals surface area (Å²) in [6.45, 7) is 0. The number of benzene rings is 1. The first kappa shape index (κ1) is 15.9. The second kappa shape index (κ2) is 6.71. The highest BCUT2D eigenvalue weighted by Gasteiger charge is 2.11. The lowest BCUT2D eigenvalue weighted by atomic mass is 10.2. The van der Waals surface area contributed by atoms with Crippen molar-refractivity contribution in [3.63, 3.8) is 0 Å². The number of tetrazole rings is 1. The molecule has 4 rings (SSSR count). The van der Waals surface area contributed by atoms with Crippen LogP contribution in [0.2, 0.25) is 4.34 Å². The first-order valence-electron chi connectivity index (χ1n) is 7.05. The summed E-state index contributed by atoms with van der Waals surface area (Å²) in [5, 5.41) is 16.2. The summed E-state index contributed by atoms with van der Waals surface area (Å²) in [5.41, 5.74) is 2.09. The highest BCUT2D eigenvalue weighted by atomic mass is 35.5. The predicted molar refractivity (Wildman–Crippen MR) is 97.5 cm³/mol. The molecule has 0 fully saturated rings. The minimum Gasteiger partial charge on any atom is -0.298 e. The zero-order valence-electron chi connectivity index (χ0n) is 12.5. The van der Waals surface area contributed by atoms with Crippen LogP contribution in [0.1, 0.15) is 10.4 Å². The number of nitrogens with one attached hydrogen (secondary N) is 1. The van der Waals surface area contributed by atoms with Crippen LogP contribution in [0, 0.1) is 0 Å². The van der Waals surface area contributed by atoms with E-state index in [1.165, 1.54) is 33.7 Å². The molecule has 0 unspecified atom stereocenters. The van der Waals surface area contributed by atoms with Gasteiger partial charge in [-0.1, -0.05) is 11.6 Å². The fraction of sp³-hybridized carbons (Fsp3) is 0. The van der Waals surface area contributed by atoms with Gasteiger partial charge in [0.1, 0.15) is 6.33 Å². The Bertz CT molecular complexity index is 1010. The number of carbonyl (C=O) groups excluding carboxylic acids is 1. The molecule has 0 spiro atoms. The van der Waals surface area contributed by atoms with Gasteiger partial charge in [-0.2, -0.15) is 0 Å². The molecule has 0 radical (unpaired) electrons. The molecule has 0 aliphatic carbocycles. The molecule has 0 bridgehead atoms. The fourth-order valence-corrected chi connectivity index (χ4v) is 3.89. The molecule has 0 aliphatic rings. The molecule has 3 heterocycles. The molecule has 0 aliphatic heterocycles. The van der Waals surface area contributed by atoms with Crippen molar-refractivity contribution in [1.82, 2.24) is 25.2 Å². The number of amides is 1. The first-order chi connectivity index (χ1) is 12.2. The summed E-state index contributed by atoms with van der Waals surface area (Å²) >= 11 is 8.76. The Morgan fingerprint density at radius 1 is 1.16 bits per heavy atom. The van der Waals surface area contributed by atoms with E-state index in [0.717, 1.165) is 16.3 Å². The Hall–Kier alpha value is -2.62. The number of aromatic nitrogens is 5. The monoisotopic (exact) mass is 388 g/mol. The molecular weight excluding hydrogens is 380 g/mol. The van der Waals surface area contributed by atoms with Gasteiger partial charge in [-0.25, -0.2) is 9.67 Å². The standard InChI is InChI=1S/C15H9ClN6OS2/c16-13-6-5-12(25-13)11-7-24-15(18-11)19-14(23)9-1-3-10(4-2-9)22-8-17-20-21-22/h1-8H,(H,18,19,23). The number of carbonyl (C=O) groups is 1. The Balaban J connectivity index is 1.48. The van der Waals surface area contributed by atoms with E-state index < -0.39 is 0 Å². The second-order valence-electron chi connectivity index (χ2n) is 4.90. The minimum absolute atomic E-state index is 0.228. The molecule has 1 N–H and O–H groups in total. The van der Waals surface area contributed by atoms with E-state index in [4.69, 9.17) is 11.6 Å². The van der Waals surface area contributed by atoms with Crippen molar-refractivity contribution in [3.05, 3.63) is 58.0 Å². The van der Waals surface area contributed by atoms with E-state index in [9.17, 15) is 4.79 Å². The van der Waals surface area contributed by atoms with E-state index in [0.29, 0.717) is 15.0 Å². The SMILES string of the molecule is O=C(Nc1nc(-c2ccc(Cl)s2)cs1)c1ccc(-n2cnnn2)cc1. The van der Waals surface area contributed by atoms with Gasteiger partial charge >= 0.3 is 0 Å². The van der Waals surface area contributed by atoms with E-state index in [2.05, 4.69) is 25.8 Å². The molecule has 124 valence electrons. The van der Waals surface area contributed by atoms with Gasteiger partial charge < -0.3 is 0 Å². The number of rotatable bonds is 4. The lowest BCUT2D eigenvalue weighted by molar-refractivity contribution is 0.102. The number of anilines is 1. The summed E-state index contributed by atoms with van der Waals surface area (Å²) in [6, 6.07) is 10.7. The summed E-state index contributed by atoms with van der Waals surface area (Å²) in [5.74, 6) is -0.228. The molecule has 1 aromatic carbocycles. The molecule has 0 saturated carbocycles. The van der Waals surface area contributed by atoms with Gasteiger partial charge in [0.2, 0.25) is 0 Å². The highest BCUT2D eigenvalue weighted by molar-refractivity contribution is 7.20. The molecule has 0 atom stereocenters. The molecule has 10 heteroatoms. The predicted octanol–water partition coefficient (Wildman–Crippen LogP) is 3.75. The third-order valence-electron chi connectivity index (χ3n) is 3.29. The van der Waals surface area contributed by atoms with E-state index >= 15 is 0 Å². The maximum Gasteiger partial charge on any atom is 0.257 e. The average molecular weight is 389 g/mol. The van der Waals surface area contributed by atoms with Crippen LogP contribution < -0.4 is 5.32 Å². The molecule has 4 aromatic rings. The van der Waals surface area contributed by atoms with Gasteiger partial charge in [-0.05, 0) is 46.8 Å². The van der Waals surface area contributed by atoms with Crippen molar-refractivity contribution >= 4 is 45.3 Å². The number of thiazole rings is 1. The smallest absolute Gasteiger partial charge is 0.257 e. The second-order valence-corrected chi connectivity index (χ2v) is 7.47. The molecule has 3 aromatic heterocycles. The van der Waals surface area contributed by atoms with E-state index in [1.807, 2.05) is 17.5 Å². The van der Waals surface area contributed by atoms with Crippen LogP contribution in [0.5, 0.6) is 0 Å². The normalized spacial score (nSPS) is 10.8. The summed E-state index contributed by atoms with van der Waals surface area (Å²) < 4.78 is 2.22. The van der Waals surface area contributed by atoms with Gasteiger partial charge in [0.15, 0.2) is 5.13 Å². The quantitative estimate of drug-likeness (QED) is 0.575. The van der Waals surface area contributed by atoms with Crippen LogP contribution in [-0.2, 0) is 0 Å². The van der Waals surface area contributed by atoms with Crippen LogP contribution in [0.3, 0.4) is 0 Å². The van der Waals surface area contributed by atoms with Crippen LogP contribution in [0.25, 0.3) is 16.3 Å². The number of thiophene rings is 1. The maximum absolute atomic E-state index is 12.4. The van der Waals surface area contributed by atoms with Crippen molar-refractivity contribution in [2.75, 3.05) is 5.32 Å². The van der Waals surface area contributed by atoms with Gasteiger partial charge in [-0.15, -0.1) is 27.8 Å². The molecule has 7 nitrogen and oxygen atoms in total. The van der Waals surface area contributed by atoms with Crippen molar-refractivity contribution in [2.45, 2.75) is 0 Å². The van der Waals surface area contributed by atoms with Crippen LogP contribution in [0.4, 0.5) is 5.13 Å². The third kappa shape index (κ3) is 3.43. The Kier molecular flexibility index (Phi) is 4.26. The Labute approximate surface area is 154 Å². The molecule has 0 saturated heterocycles. The number of nitrogens with zero attached hydrogens (tertiary/aromatic N) is 5. The first-order valence-corrected chi connectivity index (χ1v) is 9.12. The Morgan fingerprint density at radius 2 is 2.00 bits per heavy atom. The number of hydrogen-bond donors (Lipinski definition) is 1. The largest absolute Gasteiger partial charge is 0.298 e. The van der Waals surface area contributed by atoms with Crippen molar-refractivity contribution in [1.29, 1.82) is 0 Å². The van der Waals surface area contributed by atoms with E-state index in [-0.39, 0.29) is 5.91 Å². The van der Waals surface area contributed by atoms with Crippen molar-refractivity contribution < 1.29 is 4.79 Å². The summed E-state index contributed by atoms with van der Waals surface area (Å²) in [6.07, 6.45) is 1.49. The number of halogens is 1. The van der Waals surface area contributed by atoms with E-state index in [1.54, 1.807) is 24.3 Å². The molecular formula is C15H9ClN6OS2. The van der Waals surface area contributed by atoms with Crippen molar-refractivity contribution in [3.8, 4) is 16.3 Å². The lowest BCUT2D eigenvalue weighted by Crippen LogP contribution is -2.11. The molecule has 25 heavy (non-hydrogen) atoms. The third-order valence-corrected chi connectivity index (χ3v) is 5.30. The average Bonchev–Trinajstić information content (AvgIpc) is 3.36. The van der Waals surface area contributed by atoms with Gasteiger partial charge in [-0.3, -0.25) is 10.1 Å². The van der Waals surface area contributed by atoms with Gasteiger partial charge in [0.25, 0.3) is 5.91 Å². The van der Waals surface area contributed by atoms with Crippen molar-refractivity contribution in [2.24, 2.45) is 0 Å². The molecule has 1 amide bonds. The fourth-order valence-electron chi connectivity index (χ4n) is 2.11. The highest BCUT2D eigenvalue weighted by Crippen LogP contribution is 2.32. The van der Waals surface area contributed by atoms with Gasteiger partial charge in [0, 0.05) is 10.9 Å².